The summed E-state index contributed by atoms with van der Waals surface area (Å²) in [6, 6.07) is 4.53. The van der Waals surface area contributed by atoms with Crippen molar-refractivity contribution in [3.05, 3.63) is 24.3 Å². The lowest BCUT2D eigenvalue weighted by Gasteiger charge is -2.16. The smallest absolute Gasteiger partial charge is 0.262 e. The molecule has 0 aliphatic carbocycles. The summed E-state index contributed by atoms with van der Waals surface area (Å²) in [5.41, 5.74) is 1.46. The second-order valence-electron chi connectivity index (χ2n) is 4.99. The summed E-state index contributed by atoms with van der Waals surface area (Å²) in [6.45, 7) is 1.89. The summed E-state index contributed by atoms with van der Waals surface area (Å²) in [5.74, 6) is 5.69. The van der Waals surface area contributed by atoms with Crippen LogP contribution in [0.4, 0.5) is 0 Å². The molecule has 0 heterocycles. The van der Waals surface area contributed by atoms with E-state index in [0.717, 1.165) is 0 Å². The predicted octanol–water partition coefficient (Wildman–Crippen LogP) is 0.357. The molecule has 1 aromatic rings. The van der Waals surface area contributed by atoms with Gasteiger partial charge in [0, 0.05) is 12.4 Å². The van der Waals surface area contributed by atoms with Crippen LogP contribution in [0.5, 0.6) is 5.75 Å². The van der Waals surface area contributed by atoms with E-state index >= 15 is 0 Å². The maximum atomic E-state index is 12.4. The topological polar surface area (TPSA) is 125 Å². The molecule has 0 aliphatic rings. The van der Waals surface area contributed by atoms with E-state index < -0.39 is 22.0 Å². The fraction of sp³-hybridized carbons (Fsp3) is 0.438. The zero-order valence-electron chi connectivity index (χ0n) is 14.3. The van der Waals surface area contributed by atoms with Crippen molar-refractivity contribution < 1.29 is 28.3 Å². The first kappa shape index (κ1) is 22.3. The molecule has 0 saturated carbocycles. The average molecular weight is 402 g/mol. The van der Waals surface area contributed by atoms with Gasteiger partial charge in [0.25, 0.3) is 5.91 Å². The quantitative estimate of drug-likeness (QED) is 0.182. The highest BCUT2D eigenvalue weighted by Crippen LogP contribution is 2.17. The molecule has 10 heteroatoms. The molecule has 0 bridgehead atoms. The van der Waals surface area contributed by atoms with Crippen molar-refractivity contribution in [2.45, 2.75) is 24.3 Å². The lowest BCUT2D eigenvalue weighted by molar-refractivity contribution is -0.130. The Morgan fingerprint density at radius 3 is 2.62 bits per heavy atom. The van der Waals surface area contributed by atoms with Gasteiger partial charge < -0.3 is 9.84 Å². The number of aliphatic hydroxyl groups is 1. The van der Waals surface area contributed by atoms with Crippen molar-refractivity contribution in [2.24, 2.45) is 0 Å². The van der Waals surface area contributed by atoms with Crippen molar-refractivity contribution in [1.82, 2.24) is 10.2 Å². The van der Waals surface area contributed by atoms with E-state index in [1.165, 1.54) is 41.5 Å². The van der Waals surface area contributed by atoms with Gasteiger partial charge in [0.05, 0.1) is 4.90 Å². The Morgan fingerprint density at radius 1 is 1.35 bits per heavy atom. The van der Waals surface area contributed by atoms with Gasteiger partial charge in [0.2, 0.25) is 10.0 Å². The summed E-state index contributed by atoms with van der Waals surface area (Å²) in [6.07, 6.45) is 0.523. The first-order valence-electron chi connectivity index (χ1n) is 7.72. The molecule has 8 nitrogen and oxygen atoms in total. The maximum Gasteiger partial charge on any atom is 0.262 e. The van der Waals surface area contributed by atoms with Crippen LogP contribution in [-0.2, 0) is 14.8 Å². The molecule has 0 fully saturated rings. The van der Waals surface area contributed by atoms with Crippen LogP contribution in [0.2, 0.25) is 0 Å². The predicted molar refractivity (Wildman–Crippen MR) is 98.5 cm³/mol. The van der Waals surface area contributed by atoms with Gasteiger partial charge in [-0.15, -0.1) is 5.92 Å². The fourth-order valence-electron chi connectivity index (χ4n) is 1.77. The molecule has 0 aromatic heterocycles. The first-order valence-corrected chi connectivity index (χ1v) is 10.4. The van der Waals surface area contributed by atoms with E-state index in [2.05, 4.69) is 16.6 Å². The Morgan fingerprint density at radius 2 is 2.04 bits per heavy atom. The number of ether oxygens (including phenoxy) is 1. The number of amides is 1. The molecule has 0 saturated heterocycles. The number of hydrogen-bond acceptors (Lipinski definition) is 7. The number of carbonyl (C=O) groups is 1. The van der Waals surface area contributed by atoms with Gasteiger partial charge in [-0.25, -0.2) is 13.9 Å². The number of sulfonamides is 1. The molecule has 0 aliphatic heterocycles. The highest BCUT2D eigenvalue weighted by molar-refractivity contribution is 7.99. The van der Waals surface area contributed by atoms with Gasteiger partial charge in [0.15, 0.2) is 0 Å². The minimum absolute atomic E-state index is 0.00779. The monoisotopic (exact) mass is 402 g/mol. The van der Waals surface area contributed by atoms with E-state index in [1.54, 1.807) is 6.92 Å². The number of thioether (sulfide) groups is 1. The highest BCUT2D eigenvalue weighted by Gasteiger charge is 2.25. The summed E-state index contributed by atoms with van der Waals surface area (Å²) < 4.78 is 32.5. The van der Waals surface area contributed by atoms with Crippen LogP contribution in [0.15, 0.2) is 29.2 Å². The molecule has 144 valence electrons. The Kier molecular flexibility index (Phi) is 10.1. The zero-order valence-corrected chi connectivity index (χ0v) is 15.9. The standard InChI is InChI=1S/C16H22N2O6S2/c1-2-3-10-24-13-5-7-14(8-6-13)26(22,23)18-15(16(20)17-21)12-25-11-4-9-19/h5-8,15,18-19,21H,4,9-12H2,1H3,(H,17,20)/t15-/m1/s1. The van der Waals surface area contributed by atoms with Gasteiger partial charge in [-0.05, 0) is 43.4 Å². The first-order chi connectivity index (χ1) is 12.4. The Labute approximate surface area is 157 Å². The van der Waals surface area contributed by atoms with E-state index in [4.69, 9.17) is 15.1 Å². The van der Waals surface area contributed by atoms with Crippen LogP contribution in [0.25, 0.3) is 0 Å². The molecular weight excluding hydrogens is 380 g/mol. The molecule has 4 N–H and O–H groups in total. The molecule has 1 atom stereocenters. The molecule has 1 aromatic carbocycles. The van der Waals surface area contributed by atoms with Crippen LogP contribution in [-0.4, -0.2) is 55.4 Å². The average Bonchev–Trinajstić information content (AvgIpc) is 2.64. The van der Waals surface area contributed by atoms with Crippen LogP contribution in [0.1, 0.15) is 13.3 Å². The molecule has 0 spiro atoms. The van der Waals surface area contributed by atoms with E-state index in [9.17, 15) is 13.2 Å². The summed E-state index contributed by atoms with van der Waals surface area (Å²) >= 11 is 1.29. The second-order valence-corrected chi connectivity index (χ2v) is 7.85. The van der Waals surface area contributed by atoms with Gasteiger partial charge in [0.1, 0.15) is 18.4 Å². The molecule has 0 radical (unpaired) electrons. The van der Waals surface area contributed by atoms with Crippen molar-refractivity contribution >= 4 is 27.7 Å². The molecule has 1 amide bonds. The number of hydrogen-bond donors (Lipinski definition) is 4. The number of carbonyl (C=O) groups excluding carboxylic acids is 1. The fourth-order valence-corrected chi connectivity index (χ4v) is 4.04. The van der Waals surface area contributed by atoms with Crippen LogP contribution in [0.3, 0.4) is 0 Å². The SMILES string of the molecule is CC#CCOc1ccc(S(=O)(=O)N[C@H](CSCCCO)C(=O)NO)cc1. The van der Waals surface area contributed by atoms with Gasteiger partial charge >= 0.3 is 0 Å². The summed E-state index contributed by atoms with van der Waals surface area (Å²) in [7, 11) is -3.97. The highest BCUT2D eigenvalue weighted by atomic mass is 32.2. The van der Waals surface area contributed by atoms with E-state index in [0.29, 0.717) is 17.9 Å². The lowest BCUT2D eigenvalue weighted by Crippen LogP contribution is -2.47. The second kappa shape index (κ2) is 11.8. The van der Waals surface area contributed by atoms with Gasteiger partial charge in [-0.2, -0.15) is 16.5 Å². The third-order valence-electron chi connectivity index (χ3n) is 3.08. The van der Waals surface area contributed by atoms with Crippen LogP contribution in [0, 0.1) is 11.8 Å². The normalized spacial score (nSPS) is 12.0. The van der Waals surface area contributed by atoms with Gasteiger partial charge in [-0.3, -0.25) is 10.0 Å². The number of nitrogens with one attached hydrogen (secondary N) is 2. The Bertz CT molecular complexity index is 725. The number of hydroxylamine groups is 1. The Balaban J connectivity index is 2.78. The zero-order chi connectivity index (χ0) is 19.4. The summed E-state index contributed by atoms with van der Waals surface area (Å²) in [4.78, 5) is 11.7. The van der Waals surface area contributed by atoms with E-state index in [-0.39, 0.29) is 23.9 Å². The van der Waals surface area contributed by atoms with Crippen LogP contribution >= 0.6 is 11.8 Å². The van der Waals surface area contributed by atoms with Crippen molar-refractivity contribution in [3.8, 4) is 17.6 Å². The van der Waals surface area contributed by atoms with E-state index in [1.807, 2.05) is 0 Å². The molecular formula is C16H22N2O6S2. The molecule has 26 heavy (non-hydrogen) atoms. The maximum absolute atomic E-state index is 12.4. The largest absolute Gasteiger partial charge is 0.481 e. The number of benzene rings is 1. The molecule has 1 rings (SSSR count). The number of aliphatic hydroxyl groups excluding tert-OH is 1. The third-order valence-corrected chi connectivity index (χ3v) is 5.71. The third kappa shape index (κ3) is 7.63. The van der Waals surface area contributed by atoms with Crippen molar-refractivity contribution in [1.29, 1.82) is 0 Å². The van der Waals surface area contributed by atoms with Crippen molar-refractivity contribution in [2.75, 3.05) is 24.7 Å². The minimum Gasteiger partial charge on any atom is -0.481 e. The van der Waals surface area contributed by atoms with Crippen LogP contribution < -0.4 is 14.9 Å². The lowest BCUT2D eigenvalue weighted by atomic mass is 10.3. The van der Waals surface area contributed by atoms with Gasteiger partial charge in [-0.1, -0.05) is 5.92 Å². The Hall–Kier alpha value is -1.77. The minimum atomic E-state index is -3.97. The van der Waals surface area contributed by atoms with Crippen molar-refractivity contribution in [3.63, 3.8) is 0 Å². The molecule has 0 unspecified atom stereocenters. The summed E-state index contributed by atoms with van der Waals surface area (Å²) in [5, 5.41) is 17.6. The number of rotatable bonds is 11.